The number of benzene rings is 1. The first-order chi connectivity index (χ1) is 10.1. The molecular formula is C15H19NO5. The Labute approximate surface area is 123 Å². The lowest BCUT2D eigenvalue weighted by molar-refractivity contribution is -0.143. The van der Waals surface area contributed by atoms with E-state index in [0.717, 1.165) is 12.8 Å². The fourth-order valence-corrected chi connectivity index (χ4v) is 2.64. The van der Waals surface area contributed by atoms with E-state index in [-0.39, 0.29) is 5.91 Å². The molecule has 0 aromatic heterocycles. The number of likely N-dealkylation sites (tertiary alicyclic amines) is 1. The molecule has 1 saturated heterocycles. The summed E-state index contributed by atoms with van der Waals surface area (Å²) in [4.78, 5) is 25.4. The number of methoxy groups -OCH3 is 2. The molecule has 1 aromatic rings. The Morgan fingerprint density at radius 2 is 2.00 bits per heavy atom. The minimum atomic E-state index is -0.968. The third-order valence-corrected chi connectivity index (χ3v) is 3.68. The Morgan fingerprint density at radius 1 is 1.24 bits per heavy atom. The van der Waals surface area contributed by atoms with Crippen LogP contribution in [0, 0.1) is 0 Å². The number of aliphatic carboxylic acids is 1. The van der Waals surface area contributed by atoms with Crippen molar-refractivity contribution in [3.63, 3.8) is 0 Å². The van der Waals surface area contributed by atoms with Crippen LogP contribution in [0.4, 0.5) is 0 Å². The molecule has 2 rings (SSSR count). The van der Waals surface area contributed by atoms with Crippen LogP contribution in [0.25, 0.3) is 0 Å². The maximum Gasteiger partial charge on any atom is 0.326 e. The third kappa shape index (κ3) is 2.94. The Bertz CT molecular complexity index is 543. The van der Waals surface area contributed by atoms with Crippen LogP contribution in [0.5, 0.6) is 11.5 Å². The van der Waals surface area contributed by atoms with Gasteiger partial charge in [-0.2, -0.15) is 0 Å². The smallest absolute Gasteiger partial charge is 0.326 e. The molecule has 0 aliphatic carbocycles. The molecule has 1 atom stereocenters. The van der Waals surface area contributed by atoms with Crippen molar-refractivity contribution in [1.82, 2.24) is 4.90 Å². The number of hydrogen-bond donors (Lipinski definition) is 1. The molecule has 1 unspecified atom stereocenters. The van der Waals surface area contributed by atoms with Gasteiger partial charge in [-0.1, -0.05) is 6.07 Å². The zero-order valence-electron chi connectivity index (χ0n) is 12.2. The summed E-state index contributed by atoms with van der Waals surface area (Å²) < 4.78 is 10.4. The molecule has 21 heavy (non-hydrogen) atoms. The lowest BCUT2D eigenvalue weighted by atomic mass is 10.0. The maximum absolute atomic E-state index is 12.7. The maximum atomic E-state index is 12.7. The van der Waals surface area contributed by atoms with E-state index < -0.39 is 12.0 Å². The average molecular weight is 293 g/mol. The monoisotopic (exact) mass is 293 g/mol. The van der Waals surface area contributed by atoms with Crippen molar-refractivity contribution in [2.24, 2.45) is 0 Å². The van der Waals surface area contributed by atoms with E-state index in [9.17, 15) is 14.7 Å². The van der Waals surface area contributed by atoms with E-state index in [2.05, 4.69) is 0 Å². The van der Waals surface area contributed by atoms with Gasteiger partial charge in [0.05, 0.1) is 19.8 Å². The lowest BCUT2D eigenvalue weighted by Crippen LogP contribution is -2.48. The Hall–Kier alpha value is -2.24. The van der Waals surface area contributed by atoms with Crippen molar-refractivity contribution in [1.29, 1.82) is 0 Å². The summed E-state index contributed by atoms with van der Waals surface area (Å²) >= 11 is 0. The predicted molar refractivity (Wildman–Crippen MR) is 75.9 cm³/mol. The van der Waals surface area contributed by atoms with E-state index in [1.165, 1.54) is 19.1 Å². The second-order valence-corrected chi connectivity index (χ2v) is 4.89. The van der Waals surface area contributed by atoms with Crippen molar-refractivity contribution in [3.05, 3.63) is 23.8 Å². The first-order valence-corrected chi connectivity index (χ1v) is 6.85. The first kappa shape index (κ1) is 15.2. The number of ether oxygens (including phenoxy) is 2. The highest BCUT2D eigenvalue weighted by atomic mass is 16.5. The topological polar surface area (TPSA) is 76.1 Å². The van der Waals surface area contributed by atoms with Crippen LogP contribution in [0.3, 0.4) is 0 Å². The number of rotatable bonds is 4. The molecule has 0 bridgehead atoms. The second kappa shape index (κ2) is 6.47. The molecule has 1 amide bonds. The predicted octanol–water partition coefficient (Wildman–Crippen LogP) is 1.78. The van der Waals surface area contributed by atoms with E-state index in [1.807, 2.05) is 0 Å². The molecule has 1 aromatic carbocycles. The van der Waals surface area contributed by atoms with Crippen LogP contribution in [0.1, 0.15) is 29.6 Å². The number of carboxylic acid groups (broad SMARTS) is 1. The summed E-state index contributed by atoms with van der Waals surface area (Å²) in [5.41, 5.74) is 0.324. The number of nitrogens with zero attached hydrogens (tertiary/aromatic N) is 1. The normalized spacial score (nSPS) is 18.2. The van der Waals surface area contributed by atoms with Gasteiger partial charge in [0.25, 0.3) is 5.91 Å². The zero-order chi connectivity index (χ0) is 15.4. The molecule has 1 N–H and O–H groups in total. The number of piperidine rings is 1. The van der Waals surface area contributed by atoms with Crippen LogP contribution in [0.2, 0.25) is 0 Å². The van der Waals surface area contributed by atoms with Crippen molar-refractivity contribution in [2.45, 2.75) is 25.3 Å². The number of hydrogen-bond acceptors (Lipinski definition) is 4. The van der Waals surface area contributed by atoms with E-state index >= 15 is 0 Å². The third-order valence-electron chi connectivity index (χ3n) is 3.68. The fraction of sp³-hybridized carbons (Fsp3) is 0.467. The summed E-state index contributed by atoms with van der Waals surface area (Å²) in [5, 5.41) is 9.28. The van der Waals surface area contributed by atoms with Gasteiger partial charge in [-0.05, 0) is 31.4 Å². The summed E-state index contributed by atoms with van der Waals surface area (Å²) in [6.45, 7) is 0.441. The Morgan fingerprint density at radius 3 is 2.62 bits per heavy atom. The highest BCUT2D eigenvalue weighted by molar-refractivity contribution is 5.99. The Balaban J connectivity index is 2.36. The molecule has 1 heterocycles. The van der Waals surface area contributed by atoms with Gasteiger partial charge in [-0.3, -0.25) is 4.79 Å². The number of carboxylic acids is 1. The van der Waals surface area contributed by atoms with E-state index in [0.29, 0.717) is 30.0 Å². The van der Waals surface area contributed by atoms with Crippen LogP contribution in [-0.2, 0) is 4.79 Å². The van der Waals surface area contributed by atoms with Crippen molar-refractivity contribution in [2.75, 3.05) is 20.8 Å². The van der Waals surface area contributed by atoms with Gasteiger partial charge in [0, 0.05) is 6.54 Å². The van der Waals surface area contributed by atoms with E-state index in [1.54, 1.807) is 18.2 Å². The largest absolute Gasteiger partial charge is 0.493 e. The quantitative estimate of drug-likeness (QED) is 0.915. The van der Waals surface area contributed by atoms with Gasteiger partial charge < -0.3 is 19.5 Å². The van der Waals surface area contributed by atoms with E-state index in [4.69, 9.17) is 9.47 Å². The molecule has 0 spiro atoms. The molecule has 1 aliphatic rings. The number of para-hydroxylation sites is 1. The number of carbonyl (C=O) groups excluding carboxylic acids is 1. The molecule has 0 saturated carbocycles. The minimum Gasteiger partial charge on any atom is -0.493 e. The standard InChI is InChI=1S/C15H19NO5/c1-20-12-8-5-6-10(13(12)21-2)14(17)16-9-4-3-7-11(16)15(18)19/h5-6,8,11H,3-4,7,9H2,1-2H3,(H,18,19). The van der Waals surface area contributed by atoms with Crippen molar-refractivity contribution >= 4 is 11.9 Å². The van der Waals surface area contributed by atoms with Crippen molar-refractivity contribution in [3.8, 4) is 11.5 Å². The molecule has 6 heteroatoms. The van der Waals surface area contributed by atoms with Crippen molar-refractivity contribution < 1.29 is 24.2 Å². The zero-order valence-corrected chi connectivity index (χ0v) is 12.2. The lowest BCUT2D eigenvalue weighted by Gasteiger charge is -2.33. The van der Waals surface area contributed by atoms with Crippen LogP contribution < -0.4 is 9.47 Å². The average Bonchev–Trinajstić information content (AvgIpc) is 2.53. The minimum absolute atomic E-state index is 0.324. The van der Waals surface area contributed by atoms with Gasteiger partial charge >= 0.3 is 5.97 Å². The Kier molecular flexibility index (Phi) is 4.67. The summed E-state index contributed by atoms with van der Waals surface area (Å²) in [5.74, 6) is -0.519. The number of amides is 1. The molecule has 1 aliphatic heterocycles. The summed E-state index contributed by atoms with van der Waals surface area (Å²) in [6.07, 6.45) is 2.10. The molecule has 0 radical (unpaired) electrons. The number of carbonyl (C=O) groups is 2. The summed E-state index contributed by atoms with van der Waals surface area (Å²) in [6, 6.07) is 4.23. The van der Waals surface area contributed by atoms with Gasteiger partial charge in [0.15, 0.2) is 11.5 Å². The molecule has 6 nitrogen and oxygen atoms in total. The van der Waals surface area contributed by atoms with Crippen LogP contribution >= 0.6 is 0 Å². The van der Waals surface area contributed by atoms with Gasteiger partial charge in [0.2, 0.25) is 0 Å². The van der Waals surface area contributed by atoms with Crippen LogP contribution in [0.15, 0.2) is 18.2 Å². The van der Waals surface area contributed by atoms with Gasteiger partial charge in [-0.15, -0.1) is 0 Å². The van der Waals surface area contributed by atoms with Crippen LogP contribution in [-0.4, -0.2) is 48.7 Å². The van der Waals surface area contributed by atoms with Gasteiger partial charge in [-0.25, -0.2) is 4.79 Å². The molecule has 1 fully saturated rings. The molecule has 114 valence electrons. The van der Waals surface area contributed by atoms with Gasteiger partial charge in [0.1, 0.15) is 6.04 Å². The first-order valence-electron chi connectivity index (χ1n) is 6.85. The fourth-order valence-electron chi connectivity index (χ4n) is 2.64. The second-order valence-electron chi connectivity index (χ2n) is 4.89. The highest BCUT2D eigenvalue weighted by Gasteiger charge is 2.34. The highest BCUT2D eigenvalue weighted by Crippen LogP contribution is 2.32. The summed E-state index contributed by atoms with van der Waals surface area (Å²) in [7, 11) is 2.95. The SMILES string of the molecule is COc1cccc(C(=O)N2CCCCC2C(=O)O)c1OC. The molecular weight excluding hydrogens is 274 g/mol.